The number of rotatable bonds is 5. The van der Waals surface area contributed by atoms with E-state index in [1.165, 1.54) is 6.42 Å². The van der Waals surface area contributed by atoms with Gasteiger partial charge in [-0.05, 0) is 56.2 Å². The highest BCUT2D eigenvalue weighted by molar-refractivity contribution is 5.94. The second kappa shape index (κ2) is 8.78. The standard InChI is InChI=1S/C23H23N5O2/c1-16(23(29)25-19-11-9-17(15-24)10-12-19)30-20-7-5-6-18(14-20)22-27-26-21-8-3-2-4-13-28(21)22/h5-7,9-12,14,16H,2-4,8,13H2,1H3,(H,25,29)/t16-/m0/s1. The SMILES string of the molecule is C[C@H](Oc1cccc(-c2nnc3n2CCCCC3)c1)C(=O)Nc1ccc(C#N)cc1. The second-order valence-electron chi connectivity index (χ2n) is 7.37. The summed E-state index contributed by atoms with van der Waals surface area (Å²) in [5, 5.41) is 20.4. The van der Waals surface area contributed by atoms with Crippen LogP contribution in [-0.2, 0) is 17.8 Å². The average Bonchev–Trinajstić information content (AvgIpc) is 3.02. The number of ether oxygens (including phenoxy) is 1. The third-order valence-corrected chi connectivity index (χ3v) is 5.17. The van der Waals surface area contributed by atoms with Gasteiger partial charge in [0.1, 0.15) is 11.6 Å². The fourth-order valence-corrected chi connectivity index (χ4v) is 3.54. The molecule has 3 aromatic rings. The summed E-state index contributed by atoms with van der Waals surface area (Å²) in [4.78, 5) is 12.5. The van der Waals surface area contributed by atoms with Crippen LogP contribution in [0.4, 0.5) is 5.69 Å². The summed E-state index contributed by atoms with van der Waals surface area (Å²) in [7, 11) is 0. The van der Waals surface area contributed by atoms with E-state index >= 15 is 0 Å². The van der Waals surface area contributed by atoms with E-state index in [2.05, 4.69) is 26.2 Å². The van der Waals surface area contributed by atoms with Crippen LogP contribution in [0, 0.1) is 11.3 Å². The van der Waals surface area contributed by atoms with E-state index in [-0.39, 0.29) is 5.91 Å². The maximum absolute atomic E-state index is 12.5. The molecule has 0 saturated heterocycles. The topological polar surface area (TPSA) is 92.8 Å². The maximum Gasteiger partial charge on any atom is 0.265 e. The van der Waals surface area contributed by atoms with Gasteiger partial charge in [0.25, 0.3) is 5.91 Å². The lowest BCUT2D eigenvalue weighted by Crippen LogP contribution is -2.30. The number of anilines is 1. The lowest BCUT2D eigenvalue weighted by molar-refractivity contribution is -0.122. The van der Waals surface area contributed by atoms with Crippen molar-refractivity contribution in [2.75, 3.05) is 5.32 Å². The molecule has 152 valence electrons. The third-order valence-electron chi connectivity index (χ3n) is 5.17. The molecule has 2 heterocycles. The van der Waals surface area contributed by atoms with Gasteiger partial charge in [-0.3, -0.25) is 4.79 Å². The Morgan fingerprint density at radius 3 is 2.80 bits per heavy atom. The van der Waals surface area contributed by atoms with Crippen LogP contribution in [0.2, 0.25) is 0 Å². The zero-order chi connectivity index (χ0) is 20.9. The molecule has 1 amide bonds. The summed E-state index contributed by atoms with van der Waals surface area (Å²) in [6.45, 7) is 2.63. The van der Waals surface area contributed by atoms with E-state index in [1.807, 2.05) is 24.3 Å². The number of carbonyl (C=O) groups is 1. The Morgan fingerprint density at radius 2 is 2.00 bits per heavy atom. The quantitative estimate of drug-likeness (QED) is 0.699. The van der Waals surface area contributed by atoms with Gasteiger partial charge in [0.2, 0.25) is 0 Å². The Hall–Kier alpha value is -3.66. The first-order valence-electron chi connectivity index (χ1n) is 10.1. The van der Waals surface area contributed by atoms with Crippen molar-refractivity contribution in [1.82, 2.24) is 14.8 Å². The number of benzene rings is 2. The van der Waals surface area contributed by atoms with Gasteiger partial charge in [0.15, 0.2) is 11.9 Å². The van der Waals surface area contributed by atoms with E-state index in [9.17, 15) is 4.79 Å². The smallest absolute Gasteiger partial charge is 0.265 e. The van der Waals surface area contributed by atoms with Gasteiger partial charge in [-0.15, -0.1) is 10.2 Å². The van der Waals surface area contributed by atoms with Gasteiger partial charge in [-0.2, -0.15) is 5.26 Å². The normalized spacial score (nSPS) is 14.1. The van der Waals surface area contributed by atoms with Gasteiger partial charge in [-0.1, -0.05) is 18.6 Å². The average molecular weight is 401 g/mol. The summed E-state index contributed by atoms with van der Waals surface area (Å²) in [5.41, 5.74) is 2.09. The largest absolute Gasteiger partial charge is 0.481 e. The van der Waals surface area contributed by atoms with Crippen molar-refractivity contribution in [1.29, 1.82) is 5.26 Å². The number of hydrogen-bond acceptors (Lipinski definition) is 5. The first kappa shape index (κ1) is 19.6. The van der Waals surface area contributed by atoms with Crippen molar-refractivity contribution in [2.45, 2.75) is 45.3 Å². The first-order chi connectivity index (χ1) is 14.6. The monoisotopic (exact) mass is 401 g/mol. The number of aryl methyl sites for hydroxylation is 1. The summed E-state index contributed by atoms with van der Waals surface area (Å²) >= 11 is 0. The number of aromatic nitrogens is 3. The highest BCUT2D eigenvalue weighted by Gasteiger charge is 2.18. The molecule has 1 atom stereocenters. The maximum atomic E-state index is 12.5. The van der Waals surface area contributed by atoms with Crippen LogP contribution in [-0.4, -0.2) is 26.8 Å². The number of hydrogen-bond donors (Lipinski definition) is 1. The van der Waals surface area contributed by atoms with Gasteiger partial charge >= 0.3 is 0 Å². The van der Waals surface area contributed by atoms with Gasteiger partial charge in [0, 0.05) is 24.2 Å². The van der Waals surface area contributed by atoms with Crippen molar-refractivity contribution >= 4 is 11.6 Å². The van der Waals surface area contributed by atoms with Crippen LogP contribution in [0.25, 0.3) is 11.4 Å². The number of nitriles is 1. The molecule has 1 aromatic heterocycles. The fraction of sp³-hybridized carbons (Fsp3) is 0.304. The van der Waals surface area contributed by atoms with Gasteiger partial charge in [-0.25, -0.2) is 0 Å². The molecule has 0 saturated carbocycles. The Kier molecular flexibility index (Phi) is 5.75. The second-order valence-corrected chi connectivity index (χ2v) is 7.37. The molecule has 4 rings (SSSR count). The number of carbonyl (C=O) groups excluding carboxylic acids is 1. The Morgan fingerprint density at radius 1 is 1.17 bits per heavy atom. The van der Waals surface area contributed by atoms with E-state index in [0.29, 0.717) is 17.0 Å². The fourth-order valence-electron chi connectivity index (χ4n) is 3.54. The van der Waals surface area contributed by atoms with Crippen molar-refractivity contribution in [3.05, 3.63) is 59.9 Å². The van der Waals surface area contributed by atoms with Crippen LogP contribution in [0.5, 0.6) is 5.75 Å². The van der Waals surface area contributed by atoms with E-state index in [4.69, 9.17) is 10.00 Å². The molecule has 7 nitrogen and oxygen atoms in total. The Bertz CT molecular complexity index is 1080. The molecule has 2 aromatic carbocycles. The molecule has 0 fully saturated rings. The molecule has 30 heavy (non-hydrogen) atoms. The van der Waals surface area contributed by atoms with Crippen LogP contribution < -0.4 is 10.1 Å². The lowest BCUT2D eigenvalue weighted by Gasteiger charge is -2.15. The van der Waals surface area contributed by atoms with Crippen molar-refractivity contribution < 1.29 is 9.53 Å². The molecule has 7 heteroatoms. The molecular weight excluding hydrogens is 378 g/mol. The minimum absolute atomic E-state index is 0.263. The molecule has 0 spiro atoms. The van der Waals surface area contributed by atoms with Crippen LogP contribution in [0.15, 0.2) is 48.5 Å². The highest BCUT2D eigenvalue weighted by atomic mass is 16.5. The first-order valence-corrected chi connectivity index (χ1v) is 10.1. The summed E-state index contributed by atoms with van der Waals surface area (Å²) in [6.07, 6.45) is 3.74. The molecule has 1 aliphatic heterocycles. The van der Waals surface area contributed by atoms with E-state index in [0.717, 1.165) is 43.0 Å². The minimum Gasteiger partial charge on any atom is -0.481 e. The van der Waals surface area contributed by atoms with E-state index < -0.39 is 6.10 Å². The predicted molar refractivity (Wildman–Crippen MR) is 113 cm³/mol. The molecule has 0 radical (unpaired) electrons. The molecule has 1 aliphatic rings. The number of fused-ring (bicyclic) bond motifs is 1. The zero-order valence-electron chi connectivity index (χ0n) is 16.8. The molecule has 1 N–H and O–H groups in total. The Labute approximate surface area is 175 Å². The predicted octanol–water partition coefficient (Wildman–Crippen LogP) is 3.95. The summed E-state index contributed by atoms with van der Waals surface area (Å²) in [5.74, 6) is 2.21. The van der Waals surface area contributed by atoms with Gasteiger partial charge in [0.05, 0.1) is 11.6 Å². The van der Waals surface area contributed by atoms with Crippen molar-refractivity contribution in [3.8, 4) is 23.2 Å². The number of nitrogens with one attached hydrogen (secondary N) is 1. The van der Waals surface area contributed by atoms with Crippen molar-refractivity contribution in [3.63, 3.8) is 0 Å². The summed E-state index contributed by atoms with van der Waals surface area (Å²) < 4.78 is 8.07. The molecular formula is C23H23N5O2. The van der Waals surface area contributed by atoms with Crippen LogP contribution >= 0.6 is 0 Å². The number of amides is 1. The molecule has 0 aliphatic carbocycles. The molecule has 0 bridgehead atoms. The highest BCUT2D eigenvalue weighted by Crippen LogP contribution is 2.26. The third kappa shape index (κ3) is 4.33. The Balaban J connectivity index is 1.46. The van der Waals surface area contributed by atoms with E-state index in [1.54, 1.807) is 31.2 Å². The minimum atomic E-state index is -0.689. The zero-order valence-corrected chi connectivity index (χ0v) is 16.8. The van der Waals surface area contributed by atoms with Crippen LogP contribution in [0.3, 0.4) is 0 Å². The van der Waals surface area contributed by atoms with Crippen LogP contribution in [0.1, 0.15) is 37.6 Å². The number of nitrogens with zero attached hydrogens (tertiary/aromatic N) is 4. The van der Waals surface area contributed by atoms with Crippen molar-refractivity contribution in [2.24, 2.45) is 0 Å². The van der Waals surface area contributed by atoms with Gasteiger partial charge < -0.3 is 14.6 Å². The molecule has 0 unspecified atom stereocenters. The lowest BCUT2D eigenvalue weighted by atomic mass is 10.2. The summed E-state index contributed by atoms with van der Waals surface area (Å²) in [6, 6.07) is 16.4.